The predicted molar refractivity (Wildman–Crippen MR) is 106 cm³/mol. The van der Waals surface area contributed by atoms with Crippen LogP contribution in [0.5, 0.6) is 0 Å². The van der Waals surface area contributed by atoms with Crippen LogP contribution in [0.3, 0.4) is 0 Å². The largest absolute Gasteiger partial charge is 0.147 e. The number of allylic oxidation sites excluding steroid dienone is 1. The van der Waals surface area contributed by atoms with Gasteiger partial charge in [0.1, 0.15) is 0 Å². The maximum absolute atomic E-state index is 6.39. The minimum Gasteiger partial charge on any atom is -0.147 e. The smallest absolute Gasteiger partial charge is 0.147 e. The van der Waals surface area contributed by atoms with Crippen LogP contribution in [0.1, 0.15) is 42.4 Å². The van der Waals surface area contributed by atoms with Crippen LogP contribution in [0.4, 0.5) is 0 Å². The van der Waals surface area contributed by atoms with Crippen molar-refractivity contribution in [2.75, 3.05) is 0 Å². The molecule has 1 aromatic carbocycles. The average Bonchev–Trinajstić information content (AvgIpc) is 2.51. The third-order valence-corrected chi connectivity index (χ3v) is 18.0. The third kappa shape index (κ3) is 4.71. The van der Waals surface area contributed by atoms with Crippen molar-refractivity contribution in [1.82, 2.24) is 3.26 Å². The van der Waals surface area contributed by atoms with Crippen molar-refractivity contribution in [3.05, 3.63) is 39.9 Å². The molecule has 2 rings (SSSR count). The van der Waals surface area contributed by atoms with Crippen LogP contribution in [0.25, 0.3) is 6.08 Å². The molecule has 0 heterocycles. The summed E-state index contributed by atoms with van der Waals surface area (Å²) < 4.78 is 9.62. The van der Waals surface area contributed by atoms with Crippen LogP contribution in [0.2, 0.25) is 14.3 Å². The molecule has 0 bridgehead atoms. The molecule has 0 aliphatic heterocycles. The zero-order chi connectivity index (χ0) is 15.4. The Labute approximate surface area is 155 Å². The quantitative estimate of drug-likeness (QED) is 0.593. The Bertz CT molecular complexity index is 656. The summed E-state index contributed by atoms with van der Waals surface area (Å²) in [5.41, 5.74) is 4.29. The molecule has 1 aliphatic rings. The Kier molecular flexibility index (Phi) is 7.30. The Balaban J connectivity index is 0.00000220. The van der Waals surface area contributed by atoms with Gasteiger partial charge in [-0.1, -0.05) is 0 Å². The Morgan fingerprint density at radius 2 is 1.73 bits per heavy atom. The van der Waals surface area contributed by atoms with E-state index < -0.39 is 17.7 Å². The third-order valence-electron chi connectivity index (χ3n) is 3.94. The summed E-state index contributed by atoms with van der Waals surface area (Å²) in [6, 6.07) is 6.35. The van der Waals surface area contributed by atoms with Gasteiger partial charge in [0.2, 0.25) is 0 Å². The van der Waals surface area contributed by atoms with Crippen molar-refractivity contribution in [2.45, 2.75) is 46.1 Å². The van der Waals surface area contributed by atoms with Crippen molar-refractivity contribution < 1.29 is 17.7 Å². The van der Waals surface area contributed by atoms with Gasteiger partial charge in [-0.2, -0.15) is 0 Å². The summed E-state index contributed by atoms with van der Waals surface area (Å²) in [5, 5.41) is 0.883. The minimum atomic E-state index is -3.08. The monoisotopic (exact) mass is 457 g/mol. The fourth-order valence-electron chi connectivity index (χ4n) is 4.05. The summed E-state index contributed by atoms with van der Waals surface area (Å²) in [6.07, 6.45) is 2.29. The predicted octanol–water partition coefficient (Wildman–Crippen LogP) is 5.28. The Morgan fingerprint density at radius 3 is 2.23 bits per heavy atom. The van der Waals surface area contributed by atoms with Gasteiger partial charge in [-0.15, -0.1) is 24.8 Å². The fraction of sp³-hybridized carbons (Fsp3) is 0.500. The normalized spacial score (nSPS) is 18.0. The van der Waals surface area contributed by atoms with Crippen molar-refractivity contribution >= 4 is 49.4 Å². The molecule has 6 heteroatoms. The first-order valence-corrected chi connectivity index (χ1v) is 21.1. The maximum atomic E-state index is 6.39. The van der Waals surface area contributed by atoms with Gasteiger partial charge in [-0.05, 0) is 0 Å². The zero-order valence-corrected chi connectivity index (χ0v) is 20.5. The van der Waals surface area contributed by atoms with E-state index in [1.54, 1.807) is 0 Å². The molecule has 0 amide bonds. The first-order valence-electron chi connectivity index (χ1n) is 7.23. The van der Waals surface area contributed by atoms with Crippen molar-refractivity contribution in [3.8, 4) is 0 Å². The van der Waals surface area contributed by atoms with Gasteiger partial charge in [0, 0.05) is 0 Å². The first-order chi connectivity index (χ1) is 8.89. The van der Waals surface area contributed by atoms with Gasteiger partial charge in [0.15, 0.2) is 0 Å². The second-order valence-corrected chi connectivity index (χ2v) is 37.4. The van der Waals surface area contributed by atoms with E-state index in [-0.39, 0.29) is 30.4 Å². The molecule has 1 aromatic rings. The second-order valence-electron chi connectivity index (χ2n) is 8.25. The molecule has 126 valence electrons. The molecule has 1 unspecified atom stereocenters. The van der Waals surface area contributed by atoms with Crippen LogP contribution in [-0.2, 0) is 17.7 Å². The number of rotatable bonds is 2. The molecule has 0 spiro atoms. The number of nitrogens with one attached hydrogen (secondary N) is 1. The number of hydrogen-bond acceptors (Lipinski definition) is 1. The van der Waals surface area contributed by atoms with E-state index in [0.717, 1.165) is 5.02 Å². The van der Waals surface area contributed by atoms with E-state index in [1.807, 2.05) is 6.07 Å². The molecule has 0 radical (unpaired) electrons. The summed E-state index contributed by atoms with van der Waals surface area (Å²) in [4.78, 5) is 0. The van der Waals surface area contributed by atoms with Crippen LogP contribution in [0, 0.1) is 0 Å². The summed E-state index contributed by atoms with van der Waals surface area (Å²) in [6.45, 7) is 11.3. The molecule has 0 saturated carbocycles. The second kappa shape index (κ2) is 7.02. The molecule has 1 atom stereocenters. The SMILES string of the molecule is CC1=Cc2c(Cl)cccc2[CH]1[Zr]([CH3])([CH3])(=[SiH2])[NH]C(C)(C)C.Cl.Cl. The minimum absolute atomic E-state index is 0. The number of fused-ring (bicyclic) bond motifs is 1. The molecule has 0 saturated heterocycles. The molecule has 0 fully saturated rings. The van der Waals surface area contributed by atoms with Crippen LogP contribution < -0.4 is 3.26 Å². The Morgan fingerprint density at radius 1 is 1.18 bits per heavy atom. The van der Waals surface area contributed by atoms with E-state index in [9.17, 15) is 0 Å². The van der Waals surface area contributed by atoms with E-state index in [0.29, 0.717) is 3.63 Å². The fourth-order valence-corrected chi connectivity index (χ4v) is 23.9. The van der Waals surface area contributed by atoms with Crippen LogP contribution >= 0.6 is 36.4 Å². The number of hydrogen-bond donors (Lipinski definition) is 1. The van der Waals surface area contributed by atoms with Gasteiger partial charge < -0.3 is 0 Å². The molecule has 1 nitrogen and oxygen atoms in total. The topological polar surface area (TPSA) is 12.0 Å². The van der Waals surface area contributed by atoms with E-state index in [4.69, 9.17) is 11.6 Å². The number of benzene rings is 1. The first kappa shape index (κ1) is 22.9. The maximum Gasteiger partial charge on any atom is -0.147 e. The summed E-state index contributed by atoms with van der Waals surface area (Å²) in [5.74, 6) is 0. The van der Waals surface area contributed by atoms with E-state index >= 15 is 0 Å². The average molecular weight is 460 g/mol. The van der Waals surface area contributed by atoms with Crippen molar-refractivity contribution in [1.29, 1.82) is 0 Å². The van der Waals surface area contributed by atoms with Crippen LogP contribution in [-0.4, -0.2) is 12.4 Å². The van der Waals surface area contributed by atoms with Gasteiger partial charge >= 0.3 is 132 Å². The number of halogens is 3. The van der Waals surface area contributed by atoms with Gasteiger partial charge in [-0.3, -0.25) is 0 Å². The van der Waals surface area contributed by atoms with Gasteiger partial charge in [0.25, 0.3) is 0 Å². The van der Waals surface area contributed by atoms with Gasteiger partial charge in [-0.25, -0.2) is 0 Å². The summed E-state index contributed by atoms with van der Waals surface area (Å²) in [7, 11) is 0. The van der Waals surface area contributed by atoms with Crippen molar-refractivity contribution in [3.63, 3.8) is 0 Å². The molecular weight excluding hydrogens is 432 g/mol. The van der Waals surface area contributed by atoms with E-state index in [1.165, 1.54) is 16.7 Å². The zero-order valence-electron chi connectivity index (χ0n) is 14.3. The van der Waals surface area contributed by atoms with Gasteiger partial charge in [0.05, 0.1) is 0 Å². The van der Waals surface area contributed by atoms with Crippen molar-refractivity contribution in [2.24, 2.45) is 0 Å². The van der Waals surface area contributed by atoms with E-state index in [2.05, 4.69) is 65.3 Å². The molecule has 22 heavy (non-hydrogen) atoms. The molecular formula is C16H28Cl3NSiZr. The molecule has 1 aliphatic carbocycles. The molecule has 0 aromatic heterocycles. The standard InChI is InChI=1S/C10H8Cl.C4H10N.2CH3.2ClH.H2Si.Zr/c1-7-5-8-3-2-4-10(11)9(8)6-7;1-4(2,3)5;;;;;;/h2-6H,1H3;5H,1-3H3;2*1H3;2*1H;1H2;/q;-1;;;;;;+1. The Hall–Kier alpha value is 0.890. The summed E-state index contributed by atoms with van der Waals surface area (Å²) >= 11 is 3.31. The van der Waals surface area contributed by atoms with Crippen LogP contribution in [0.15, 0.2) is 23.8 Å². The molecule has 1 N–H and O–H groups in total.